The Labute approximate surface area is 103 Å². The normalized spacial score (nSPS) is 12.0. The zero-order chi connectivity index (χ0) is 13.0. The van der Waals surface area contributed by atoms with Gasteiger partial charge in [0, 0.05) is 6.04 Å². The second kappa shape index (κ2) is 5.70. The Morgan fingerprint density at radius 3 is 2.47 bits per heavy atom. The van der Waals surface area contributed by atoms with E-state index >= 15 is 0 Å². The summed E-state index contributed by atoms with van der Waals surface area (Å²) in [5.41, 5.74) is 4.73. The molecule has 1 rings (SSSR count). The van der Waals surface area contributed by atoms with E-state index in [1.807, 2.05) is 13.1 Å². The third kappa shape index (κ3) is 2.59. The monoisotopic (exact) mass is 232 g/mol. The number of hydrogen-bond acceptors (Lipinski definition) is 3. The van der Waals surface area contributed by atoms with Crippen LogP contribution in [0.4, 0.5) is 0 Å². The van der Waals surface area contributed by atoms with Crippen LogP contribution in [0.15, 0.2) is 6.07 Å². The van der Waals surface area contributed by atoms with Crippen LogP contribution in [0.25, 0.3) is 0 Å². The second-order valence-corrected chi connectivity index (χ2v) is 4.26. The Kier molecular flexibility index (Phi) is 4.53. The summed E-state index contributed by atoms with van der Waals surface area (Å²) in [6, 6.07) is 4.35. The maximum atomic E-state index is 8.87. The minimum atomic E-state index is 0.0876. The average molecular weight is 232 g/mol. The van der Waals surface area contributed by atoms with Crippen LogP contribution in [0, 0.1) is 32.1 Å². The van der Waals surface area contributed by atoms with E-state index in [1.54, 1.807) is 7.11 Å². The summed E-state index contributed by atoms with van der Waals surface area (Å²) in [6.07, 6.45) is 0.476. The number of rotatable bonds is 4. The molecule has 0 bridgehead atoms. The molecule has 1 aromatic carbocycles. The minimum Gasteiger partial charge on any atom is -0.496 e. The van der Waals surface area contributed by atoms with Crippen molar-refractivity contribution in [2.24, 2.45) is 0 Å². The van der Waals surface area contributed by atoms with Gasteiger partial charge in [-0.2, -0.15) is 5.26 Å². The van der Waals surface area contributed by atoms with Gasteiger partial charge in [0.15, 0.2) is 0 Å². The Morgan fingerprint density at radius 1 is 1.35 bits per heavy atom. The predicted molar refractivity (Wildman–Crippen MR) is 69.2 cm³/mol. The third-order valence-electron chi connectivity index (χ3n) is 3.32. The highest BCUT2D eigenvalue weighted by Gasteiger charge is 2.17. The Morgan fingerprint density at radius 2 is 2.00 bits per heavy atom. The number of nitriles is 1. The smallest absolute Gasteiger partial charge is 0.122 e. The number of ether oxygens (including phenoxy) is 1. The highest BCUT2D eigenvalue weighted by atomic mass is 16.5. The van der Waals surface area contributed by atoms with Gasteiger partial charge in [0.1, 0.15) is 5.75 Å². The number of hydrogen-bond donors (Lipinski definition) is 1. The maximum absolute atomic E-state index is 8.87. The largest absolute Gasteiger partial charge is 0.496 e. The number of aryl methyl sites for hydroxylation is 1. The van der Waals surface area contributed by atoms with Gasteiger partial charge in [-0.15, -0.1) is 0 Å². The zero-order valence-electron chi connectivity index (χ0n) is 11.2. The first-order valence-corrected chi connectivity index (χ1v) is 5.75. The molecule has 0 heterocycles. The van der Waals surface area contributed by atoms with E-state index in [2.05, 4.69) is 32.2 Å². The maximum Gasteiger partial charge on any atom is 0.122 e. The van der Waals surface area contributed by atoms with E-state index < -0.39 is 0 Å². The summed E-state index contributed by atoms with van der Waals surface area (Å²) in [5.74, 6) is 0.913. The van der Waals surface area contributed by atoms with Crippen LogP contribution in [-0.4, -0.2) is 14.2 Å². The number of benzene rings is 1. The molecule has 0 radical (unpaired) electrons. The number of nitrogens with zero attached hydrogens (tertiary/aromatic N) is 1. The van der Waals surface area contributed by atoms with Crippen molar-refractivity contribution in [1.82, 2.24) is 5.32 Å². The first kappa shape index (κ1) is 13.5. The standard InChI is InChI=1S/C14H20N2O/c1-9-8-13(17-5)10(2)11(3)14(9)12(16-4)6-7-15/h8,12,16H,6H2,1-5H3. The number of nitrogens with one attached hydrogen (secondary N) is 1. The van der Waals surface area contributed by atoms with Crippen LogP contribution in [-0.2, 0) is 0 Å². The lowest BCUT2D eigenvalue weighted by Crippen LogP contribution is -2.18. The lowest BCUT2D eigenvalue weighted by Gasteiger charge is -2.21. The van der Waals surface area contributed by atoms with Crippen molar-refractivity contribution in [1.29, 1.82) is 5.26 Å². The molecule has 1 atom stereocenters. The molecule has 0 spiro atoms. The second-order valence-electron chi connectivity index (χ2n) is 4.26. The molecule has 0 aromatic heterocycles. The molecule has 92 valence electrons. The van der Waals surface area contributed by atoms with Crippen LogP contribution in [0.2, 0.25) is 0 Å². The van der Waals surface area contributed by atoms with Gasteiger partial charge >= 0.3 is 0 Å². The van der Waals surface area contributed by atoms with Gasteiger partial charge in [0.05, 0.1) is 19.6 Å². The summed E-state index contributed by atoms with van der Waals surface area (Å²) in [4.78, 5) is 0. The summed E-state index contributed by atoms with van der Waals surface area (Å²) in [5, 5.41) is 12.1. The van der Waals surface area contributed by atoms with E-state index in [-0.39, 0.29) is 6.04 Å². The van der Waals surface area contributed by atoms with Crippen molar-refractivity contribution in [3.05, 3.63) is 28.3 Å². The molecule has 3 heteroatoms. The topological polar surface area (TPSA) is 45.0 Å². The van der Waals surface area contributed by atoms with Crippen molar-refractivity contribution < 1.29 is 4.74 Å². The van der Waals surface area contributed by atoms with Gasteiger partial charge in [0.25, 0.3) is 0 Å². The Bertz CT molecular complexity index is 447. The Balaban J connectivity index is 3.34. The first-order chi connectivity index (χ1) is 8.06. The molecule has 0 aliphatic heterocycles. The Hall–Kier alpha value is -1.53. The third-order valence-corrected chi connectivity index (χ3v) is 3.32. The SMILES string of the molecule is CNC(CC#N)c1c(C)cc(OC)c(C)c1C. The van der Waals surface area contributed by atoms with Gasteiger partial charge in [0.2, 0.25) is 0 Å². The molecule has 3 nitrogen and oxygen atoms in total. The van der Waals surface area contributed by atoms with Crippen molar-refractivity contribution in [2.45, 2.75) is 33.2 Å². The fourth-order valence-corrected chi connectivity index (χ4v) is 2.25. The molecule has 0 amide bonds. The highest BCUT2D eigenvalue weighted by Crippen LogP contribution is 2.32. The molecule has 0 aliphatic rings. The van der Waals surface area contributed by atoms with E-state index in [1.165, 1.54) is 16.7 Å². The molecule has 17 heavy (non-hydrogen) atoms. The quantitative estimate of drug-likeness (QED) is 0.868. The molecule has 1 N–H and O–H groups in total. The van der Waals surface area contributed by atoms with Crippen LogP contribution >= 0.6 is 0 Å². The van der Waals surface area contributed by atoms with Crippen LogP contribution < -0.4 is 10.1 Å². The molecular weight excluding hydrogens is 212 g/mol. The van der Waals surface area contributed by atoms with Crippen molar-refractivity contribution in [3.8, 4) is 11.8 Å². The lowest BCUT2D eigenvalue weighted by molar-refractivity contribution is 0.410. The van der Waals surface area contributed by atoms with Crippen LogP contribution in [0.1, 0.15) is 34.7 Å². The molecule has 0 saturated heterocycles. The van der Waals surface area contributed by atoms with Crippen LogP contribution in [0.3, 0.4) is 0 Å². The molecule has 0 aliphatic carbocycles. The summed E-state index contributed by atoms with van der Waals surface area (Å²) in [7, 11) is 3.58. The molecule has 0 saturated carbocycles. The fourth-order valence-electron chi connectivity index (χ4n) is 2.25. The average Bonchev–Trinajstić information content (AvgIpc) is 2.32. The number of methoxy groups -OCH3 is 1. The van der Waals surface area contributed by atoms with Crippen molar-refractivity contribution in [3.63, 3.8) is 0 Å². The first-order valence-electron chi connectivity index (χ1n) is 5.75. The van der Waals surface area contributed by atoms with Gasteiger partial charge in [-0.1, -0.05) is 0 Å². The minimum absolute atomic E-state index is 0.0876. The summed E-state index contributed by atoms with van der Waals surface area (Å²) < 4.78 is 5.35. The highest BCUT2D eigenvalue weighted by molar-refractivity contribution is 5.49. The summed E-state index contributed by atoms with van der Waals surface area (Å²) in [6.45, 7) is 6.20. The van der Waals surface area contributed by atoms with E-state index in [4.69, 9.17) is 10.00 Å². The molecular formula is C14H20N2O. The summed E-state index contributed by atoms with van der Waals surface area (Å²) >= 11 is 0. The van der Waals surface area contributed by atoms with Crippen molar-refractivity contribution >= 4 is 0 Å². The van der Waals surface area contributed by atoms with Gasteiger partial charge < -0.3 is 10.1 Å². The van der Waals surface area contributed by atoms with Gasteiger partial charge in [-0.3, -0.25) is 0 Å². The van der Waals surface area contributed by atoms with E-state index in [9.17, 15) is 0 Å². The lowest BCUT2D eigenvalue weighted by atomic mass is 9.91. The van der Waals surface area contributed by atoms with Crippen molar-refractivity contribution in [2.75, 3.05) is 14.2 Å². The molecule has 1 aromatic rings. The zero-order valence-corrected chi connectivity index (χ0v) is 11.2. The van der Waals surface area contributed by atoms with E-state index in [0.29, 0.717) is 6.42 Å². The van der Waals surface area contributed by atoms with Gasteiger partial charge in [-0.05, 0) is 56.1 Å². The molecule has 1 unspecified atom stereocenters. The van der Waals surface area contributed by atoms with Crippen LogP contribution in [0.5, 0.6) is 5.75 Å². The van der Waals surface area contributed by atoms with Gasteiger partial charge in [-0.25, -0.2) is 0 Å². The fraction of sp³-hybridized carbons (Fsp3) is 0.500. The molecule has 0 fully saturated rings. The van der Waals surface area contributed by atoms with E-state index in [0.717, 1.165) is 11.3 Å². The predicted octanol–water partition coefficient (Wildman–Crippen LogP) is 2.79.